The quantitative estimate of drug-likeness (QED) is 0.695. The molecule has 6 heteroatoms. The number of rotatable bonds is 7. The second kappa shape index (κ2) is 7.31. The predicted octanol–water partition coefficient (Wildman–Crippen LogP) is 3.47. The van der Waals surface area contributed by atoms with Crippen LogP contribution in [0.5, 0.6) is 5.75 Å². The molecule has 126 valence electrons. The largest absolute Gasteiger partial charge is 0.494 e. The summed E-state index contributed by atoms with van der Waals surface area (Å²) in [6.07, 6.45) is 1.78. The molecule has 1 atom stereocenters. The van der Waals surface area contributed by atoms with Crippen molar-refractivity contribution in [2.45, 2.75) is 19.9 Å². The van der Waals surface area contributed by atoms with Crippen molar-refractivity contribution in [1.29, 1.82) is 0 Å². The number of nitrogens with zero attached hydrogens (tertiary/aromatic N) is 2. The first-order valence-corrected chi connectivity index (χ1v) is 8.04. The molecule has 0 spiro atoms. The zero-order valence-corrected chi connectivity index (χ0v) is 14.2. The Morgan fingerprint density at radius 3 is 2.92 bits per heavy atom. The lowest BCUT2D eigenvalue weighted by Crippen LogP contribution is -2.21. The summed E-state index contributed by atoms with van der Waals surface area (Å²) in [5.74, 6) is 1.64. The van der Waals surface area contributed by atoms with Gasteiger partial charge in [0.1, 0.15) is 17.3 Å². The summed E-state index contributed by atoms with van der Waals surface area (Å²) < 4.78 is 10.7. The topological polar surface area (TPSA) is 72.1 Å². The average Bonchev–Trinajstić information content (AvgIpc) is 2.99. The monoisotopic (exact) mass is 326 g/mol. The highest BCUT2D eigenvalue weighted by Gasteiger charge is 2.11. The van der Waals surface area contributed by atoms with Gasteiger partial charge in [0, 0.05) is 30.3 Å². The van der Waals surface area contributed by atoms with Gasteiger partial charge >= 0.3 is 0 Å². The van der Waals surface area contributed by atoms with Crippen LogP contribution < -0.4 is 10.1 Å². The fraction of sp³-hybridized carbons (Fsp3) is 0.333. The van der Waals surface area contributed by atoms with Gasteiger partial charge in [-0.15, -0.1) is 0 Å². The number of pyridine rings is 1. The van der Waals surface area contributed by atoms with E-state index in [1.54, 1.807) is 13.3 Å². The van der Waals surface area contributed by atoms with E-state index in [4.69, 9.17) is 9.47 Å². The Hall–Kier alpha value is -2.60. The zero-order chi connectivity index (χ0) is 16.9. The number of aromatic nitrogens is 3. The van der Waals surface area contributed by atoms with Gasteiger partial charge in [-0.05, 0) is 44.2 Å². The molecule has 0 aliphatic carbocycles. The number of aromatic amines is 1. The number of H-pyrrole nitrogens is 1. The van der Waals surface area contributed by atoms with Gasteiger partial charge in [0.15, 0.2) is 0 Å². The Morgan fingerprint density at radius 2 is 2.12 bits per heavy atom. The summed E-state index contributed by atoms with van der Waals surface area (Å²) in [6, 6.07) is 10.1. The van der Waals surface area contributed by atoms with E-state index in [-0.39, 0.29) is 6.04 Å². The first kappa shape index (κ1) is 16.3. The maximum Gasteiger partial charge on any atom is 0.126 e. The molecule has 0 unspecified atom stereocenters. The molecule has 0 radical (unpaired) electrons. The van der Waals surface area contributed by atoms with Crippen LogP contribution in [0.1, 0.15) is 13.8 Å². The summed E-state index contributed by atoms with van der Waals surface area (Å²) in [4.78, 5) is 4.37. The molecular weight excluding hydrogens is 304 g/mol. The van der Waals surface area contributed by atoms with E-state index in [0.717, 1.165) is 33.7 Å². The smallest absolute Gasteiger partial charge is 0.126 e. The molecule has 2 N–H and O–H groups in total. The number of methoxy groups -OCH3 is 1. The van der Waals surface area contributed by atoms with Gasteiger partial charge in [-0.1, -0.05) is 0 Å². The van der Waals surface area contributed by atoms with E-state index < -0.39 is 0 Å². The lowest BCUT2D eigenvalue weighted by molar-refractivity contribution is 0.190. The number of anilines is 1. The van der Waals surface area contributed by atoms with Crippen LogP contribution >= 0.6 is 0 Å². The number of benzene rings is 1. The first-order chi connectivity index (χ1) is 11.7. The van der Waals surface area contributed by atoms with Gasteiger partial charge in [0.2, 0.25) is 0 Å². The molecular formula is C18H22N4O2. The third-order valence-electron chi connectivity index (χ3n) is 3.69. The lowest BCUT2D eigenvalue weighted by Gasteiger charge is -2.13. The third-order valence-corrected chi connectivity index (χ3v) is 3.69. The molecule has 3 rings (SSSR count). The molecule has 6 nitrogen and oxygen atoms in total. The number of hydrogen-bond acceptors (Lipinski definition) is 5. The van der Waals surface area contributed by atoms with Crippen LogP contribution in [0.3, 0.4) is 0 Å². The maximum absolute atomic E-state index is 5.60. The van der Waals surface area contributed by atoms with Gasteiger partial charge in [-0.2, -0.15) is 5.10 Å². The van der Waals surface area contributed by atoms with Crippen molar-refractivity contribution in [3.8, 4) is 17.0 Å². The van der Waals surface area contributed by atoms with Crippen LogP contribution in [0.4, 0.5) is 5.82 Å². The maximum atomic E-state index is 5.60. The van der Waals surface area contributed by atoms with Gasteiger partial charge < -0.3 is 14.8 Å². The summed E-state index contributed by atoms with van der Waals surface area (Å²) in [6.45, 7) is 5.28. The minimum Gasteiger partial charge on any atom is -0.494 e. The summed E-state index contributed by atoms with van der Waals surface area (Å²) >= 11 is 0. The average molecular weight is 326 g/mol. The van der Waals surface area contributed by atoms with Crippen molar-refractivity contribution in [2.24, 2.45) is 0 Å². The van der Waals surface area contributed by atoms with Crippen molar-refractivity contribution in [3.63, 3.8) is 0 Å². The van der Waals surface area contributed by atoms with Crippen LogP contribution in [0.2, 0.25) is 0 Å². The lowest BCUT2D eigenvalue weighted by atomic mass is 10.1. The van der Waals surface area contributed by atoms with Crippen LogP contribution in [-0.4, -0.2) is 41.5 Å². The van der Waals surface area contributed by atoms with Gasteiger partial charge in [-0.3, -0.25) is 5.10 Å². The Kier molecular flexibility index (Phi) is 4.96. The van der Waals surface area contributed by atoms with Gasteiger partial charge in [0.25, 0.3) is 0 Å². The molecule has 0 fully saturated rings. The number of nitrogens with one attached hydrogen (secondary N) is 2. The summed E-state index contributed by atoms with van der Waals surface area (Å²) in [5, 5.41) is 11.9. The summed E-state index contributed by atoms with van der Waals surface area (Å²) in [7, 11) is 1.69. The zero-order valence-electron chi connectivity index (χ0n) is 14.2. The van der Waals surface area contributed by atoms with Gasteiger partial charge in [-0.25, -0.2) is 4.98 Å². The molecule has 0 aliphatic heterocycles. The summed E-state index contributed by atoms with van der Waals surface area (Å²) in [5.41, 5.74) is 2.86. The van der Waals surface area contributed by atoms with Crippen molar-refractivity contribution >= 4 is 16.7 Å². The van der Waals surface area contributed by atoms with Crippen molar-refractivity contribution in [3.05, 3.63) is 36.5 Å². The highest BCUT2D eigenvalue weighted by atomic mass is 16.5. The molecule has 2 aromatic heterocycles. The van der Waals surface area contributed by atoms with Crippen LogP contribution in [0.25, 0.3) is 22.2 Å². The fourth-order valence-electron chi connectivity index (χ4n) is 2.67. The predicted molar refractivity (Wildman–Crippen MR) is 95.5 cm³/mol. The third kappa shape index (κ3) is 3.49. The molecule has 1 aromatic carbocycles. The molecule has 24 heavy (non-hydrogen) atoms. The van der Waals surface area contributed by atoms with Crippen molar-refractivity contribution < 1.29 is 9.47 Å². The first-order valence-electron chi connectivity index (χ1n) is 8.04. The highest BCUT2D eigenvalue weighted by Crippen LogP contribution is 2.30. The van der Waals surface area contributed by atoms with Crippen molar-refractivity contribution in [1.82, 2.24) is 15.2 Å². The van der Waals surface area contributed by atoms with Crippen LogP contribution in [0, 0.1) is 0 Å². The molecule has 0 amide bonds. The molecule has 3 aromatic rings. The molecule has 0 bridgehead atoms. The van der Waals surface area contributed by atoms with Gasteiger partial charge in [0.05, 0.1) is 18.7 Å². The Labute approximate surface area is 141 Å². The highest BCUT2D eigenvalue weighted by molar-refractivity contribution is 5.94. The number of fused-ring (bicyclic) bond motifs is 1. The second-order valence-electron chi connectivity index (χ2n) is 5.64. The normalized spacial score (nSPS) is 12.3. The molecule has 0 saturated heterocycles. The number of hydrogen-bond donors (Lipinski definition) is 2. The molecule has 2 heterocycles. The minimum atomic E-state index is 0.179. The molecule has 0 saturated carbocycles. The SMILES string of the molecule is CCOc1ccc2[nH]nc(-c3ccnc(N[C@@H](C)COC)c3)c2c1. The van der Waals surface area contributed by atoms with E-state index >= 15 is 0 Å². The number of ether oxygens (including phenoxy) is 2. The van der Waals surface area contributed by atoms with E-state index in [1.165, 1.54) is 0 Å². The van der Waals surface area contributed by atoms with Crippen LogP contribution in [-0.2, 0) is 4.74 Å². The van der Waals surface area contributed by atoms with E-state index in [2.05, 4.69) is 27.4 Å². The van der Waals surface area contributed by atoms with Crippen LogP contribution in [0.15, 0.2) is 36.5 Å². The molecule has 0 aliphatic rings. The Morgan fingerprint density at radius 1 is 1.25 bits per heavy atom. The van der Waals surface area contributed by atoms with E-state index in [0.29, 0.717) is 13.2 Å². The second-order valence-corrected chi connectivity index (χ2v) is 5.64. The Balaban J connectivity index is 1.93. The van der Waals surface area contributed by atoms with Crippen molar-refractivity contribution in [2.75, 3.05) is 25.6 Å². The Bertz CT molecular complexity index is 816. The van der Waals surface area contributed by atoms with E-state index in [9.17, 15) is 0 Å². The standard InChI is InChI=1S/C18H22N4O2/c1-4-24-14-5-6-16-15(10-14)18(22-21-16)13-7-8-19-17(9-13)20-12(2)11-23-3/h5-10,12H,4,11H2,1-3H3,(H,19,20)(H,21,22)/t12-/m0/s1. The minimum absolute atomic E-state index is 0.179. The fourth-order valence-corrected chi connectivity index (χ4v) is 2.67. The van der Waals surface area contributed by atoms with E-state index in [1.807, 2.05) is 37.3 Å².